The van der Waals surface area contributed by atoms with Gasteiger partial charge < -0.3 is 9.84 Å². The van der Waals surface area contributed by atoms with E-state index in [1.54, 1.807) is 24.3 Å². The fraction of sp³-hybridized carbons (Fsp3) is 0.520. The summed E-state index contributed by atoms with van der Waals surface area (Å²) in [6.07, 6.45) is 14.8. The van der Waals surface area contributed by atoms with E-state index in [1.807, 2.05) is 0 Å². The topological polar surface area (TPSA) is 83.8 Å². The number of aromatic hydroxyl groups is 1. The van der Waals surface area contributed by atoms with E-state index >= 15 is 0 Å². The second kappa shape index (κ2) is 13.4. The van der Waals surface area contributed by atoms with Gasteiger partial charge in [-0.25, -0.2) is 0 Å². The van der Waals surface area contributed by atoms with Crippen molar-refractivity contribution in [3.8, 4) is 17.2 Å². The highest BCUT2D eigenvalue weighted by Gasteiger charge is 2.11. The van der Waals surface area contributed by atoms with Crippen molar-refractivity contribution in [2.45, 2.75) is 88.9 Å². The van der Waals surface area contributed by atoms with Crippen LogP contribution in [0.1, 0.15) is 83.1 Å². The molecule has 2 rings (SSSR count). The van der Waals surface area contributed by atoms with E-state index in [-0.39, 0.29) is 10.6 Å². The van der Waals surface area contributed by atoms with Gasteiger partial charge in [0.25, 0.3) is 10.1 Å². The average molecular weight is 449 g/mol. The monoisotopic (exact) mass is 448 g/mol. The Morgan fingerprint density at radius 1 is 0.774 bits per heavy atom. The summed E-state index contributed by atoms with van der Waals surface area (Å²) in [7, 11) is -4.28. The van der Waals surface area contributed by atoms with Gasteiger partial charge in [0, 0.05) is 6.07 Å². The maximum absolute atomic E-state index is 11.3. The molecule has 0 saturated heterocycles. The summed E-state index contributed by atoms with van der Waals surface area (Å²) >= 11 is 0. The van der Waals surface area contributed by atoms with Gasteiger partial charge in [-0.1, -0.05) is 77.2 Å². The molecule has 0 spiro atoms. The Hall–Kier alpha value is -2.05. The number of hydrogen-bond donors (Lipinski definition) is 2. The third-order valence-electron chi connectivity index (χ3n) is 5.44. The molecule has 6 heteroatoms. The molecule has 0 atom stereocenters. The van der Waals surface area contributed by atoms with Crippen molar-refractivity contribution in [1.82, 2.24) is 0 Å². The molecule has 31 heavy (non-hydrogen) atoms. The van der Waals surface area contributed by atoms with Crippen molar-refractivity contribution < 1.29 is 22.8 Å². The average Bonchev–Trinajstić information content (AvgIpc) is 2.74. The second-order valence-corrected chi connectivity index (χ2v) is 9.55. The molecule has 0 fully saturated rings. The van der Waals surface area contributed by atoms with Crippen molar-refractivity contribution in [3.63, 3.8) is 0 Å². The van der Waals surface area contributed by atoms with E-state index in [2.05, 4.69) is 6.92 Å². The van der Waals surface area contributed by atoms with Gasteiger partial charge >= 0.3 is 0 Å². The predicted octanol–water partition coefficient (Wildman–Crippen LogP) is 7.28. The molecule has 0 amide bonds. The lowest BCUT2D eigenvalue weighted by Gasteiger charge is -2.10. The summed E-state index contributed by atoms with van der Waals surface area (Å²) in [5.74, 6) is 1.07. The number of rotatable bonds is 15. The first-order valence-electron chi connectivity index (χ1n) is 11.5. The quantitative estimate of drug-likeness (QED) is 0.221. The summed E-state index contributed by atoms with van der Waals surface area (Å²) in [6.45, 7) is 2.24. The Morgan fingerprint density at radius 2 is 1.35 bits per heavy atom. The van der Waals surface area contributed by atoms with Gasteiger partial charge in [0.1, 0.15) is 17.2 Å². The van der Waals surface area contributed by atoms with Crippen LogP contribution >= 0.6 is 0 Å². The van der Waals surface area contributed by atoms with Crippen LogP contribution in [-0.4, -0.2) is 18.1 Å². The van der Waals surface area contributed by atoms with Crippen LogP contribution in [0.3, 0.4) is 0 Å². The van der Waals surface area contributed by atoms with E-state index in [0.29, 0.717) is 11.5 Å². The molecule has 0 bridgehead atoms. The van der Waals surface area contributed by atoms with Crippen LogP contribution < -0.4 is 4.74 Å². The van der Waals surface area contributed by atoms with E-state index in [1.165, 1.54) is 76.0 Å². The number of aryl methyl sites for hydroxylation is 1. The van der Waals surface area contributed by atoms with E-state index in [4.69, 9.17) is 4.74 Å². The first-order valence-corrected chi connectivity index (χ1v) is 12.9. The van der Waals surface area contributed by atoms with E-state index in [9.17, 15) is 18.1 Å². The minimum absolute atomic E-state index is 0.218. The zero-order valence-electron chi connectivity index (χ0n) is 18.6. The summed E-state index contributed by atoms with van der Waals surface area (Å²) in [5.41, 5.74) is 0.819. The largest absolute Gasteiger partial charge is 0.508 e. The van der Waals surface area contributed by atoms with Crippen molar-refractivity contribution in [3.05, 3.63) is 48.0 Å². The fourth-order valence-corrected chi connectivity index (χ4v) is 4.16. The highest BCUT2D eigenvalue weighted by molar-refractivity contribution is 7.85. The van der Waals surface area contributed by atoms with Crippen molar-refractivity contribution in [1.29, 1.82) is 0 Å². The lowest BCUT2D eigenvalue weighted by molar-refractivity contribution is 0.454. The molecule has 0 aromatic heterocycles. The third-order valence-corrected chi connectivity index (χ3v) is 6.29. The Bertz CT molecular complexity index is 893. The number of phenols is 1. The summed E-state index contributed by atoms with van der Waals surface area (Å²) < 4.78 is 37.5. The van der Waals surface area contributed by atoms with E-state index in [0.717, 1.165) is 24.8 Å². The molecule has 5 nitrogen and oxygen atoms in total. The molecular formula is C25H36O5S. The zero-order valence-corrected chi connectivity index (χ0v) is 19.4. The first-order chi connectivity index (χ1) is 14.9. The standard InChI is InChI=1S/C25H36O5S/c1-2-3-4-5-6-7-8-9-10-11-12-14-21-19-23(17-18-25(21)26)30-22-15-13-16-24(20-22)31(27,28)29/h13,15-20,26H,2-12,14H2,1H3,(H,27,28,29). The molecule has 2 aromatic carbocycles. The Balaban J connectivity index is 1.74. The minimum Gasteiger partial charge on any atom is -0.508 e. The Kier molecular flexibility index (Phi) is 10.9. The minimum atomic E-state index is -4.28. The lowest BCUT2D eigenvalue weighted by Crippen LogP contribution is -1.98. The number of phenolic OH excluding ortho intramolecular Hbond substituents is 1. The van der Waals surface area contributed by atoms with Gasteiger partial charge in [0.2, 0.25) is 0 Å². The number of hydrogen-bond acceptors (Lipinski definition) is 4. The van der Waals surface area contributed by atoms with Gasteiger partial charge in [-0.3, -0.25) is 4.55 Å². The first kappa shape index (κ1) is 25.2. The highest BCUT2D eigenvalue weighted by Crippen LogP contribution is 2.29. The third kappa shape index (κ3) is 9.74. The molecule has 2 aromatic rings. The molecule has 0 aliphatic rings. The van der Waals surface area contributed by atoms with E-state index < -0.39 is 10.1 Å². The van der Waals surface area contributed by atoms with Gasteiger partial charge in [-0.2, -0.15) is 8.42 Å². The van der Waals surface area contributed by atoms with Crippen LogP contribution in [0.4, 0.5) is 0 Å². The van der Waals surface area contributed by atoms with Gasteiger partial charge in [-0.15, -0.1) is 0 Å². The molecule has 172 valence electrons. The molecule has 2 N–H and O–H groups in total. The molecule has 0 aliphatic heterocycles. The lowest BCUT2D eigenvalue weighted by atomic mass is 10.0. The zero-order chi connectivity index (χ0) is 22.5. The molecule has 0 aliphatic carbocycles. The number of ether oxygens (including phenoxy) is 1. The van der Waals surface area contributed by atoms with Crippen LogP contribution in [0.5, 0.6) is 17.2 Å². The predicted molar refractivity (Wildman–Crippen MR) is 125 cm³/mol. The van der Waals surface area contributed by atoms with Gasteiger partial charge in [0.05, 0.1) is 4.90 Å². The molecule has 0 unspecified atom stereocenters. The normalized spacial score (nSPS) is 11.5. The molecule has 0 heterocycles. The number of unbranched alkanes of at least 4 members (excludes halogenated alkanes) is 10. The van der Waals surface area contributed by atoms with Crippen LogP contribution in [0.2, 0.25) is 0 Å². The summed E-state index contributed by atoms with van der Waals surface area (Å²) in [4.78, 5) is -0.218. The SMILES string of the molecule is CCCCCCCCCCCCCc1cc(Oc2cccc(S(=O)(=O)O)c2)ccc1O. The molecule has 0 radical (unpaired) electrons. The Morgan fingerprint density at radius 3 is 1.97 bits per heavy atom. The fourth-order valence-electron chi connectivity index (χ4n) is 3.64. The molecule has 0 saturated carbocycles. The summed E-state index contributed by atoms with van der Waals surface area (Å²) in [5, 5.41) is 10.1. The smallest absolute Gasteiger partial charge is 0.294 e. The van der Waals surface area contributed by atoms with Gasteiger partial charge in [0.15, 0.2) is 0 Å². The molecular weight excluding hydrogens is 412 g/mol. The van der Waals surface area contributed by atoms with Crippen molar-refractivity contribution in [2.24, 2.45) is 0 Å². The van der Waals surface area contributed by atoms with Crippen molar-refractivity contribution >= 4 is 10.1 Å². The Labute approximate surface area is 187 Å². The van der Waals surface area contributed by atoms with Crippen LogP contribution in [-0.2, 0) is 16.5 Å². The van der Waals surface area contributed by atoms with Crippen LogP contribution in [0.25, 0.3) is 0 Å². The van der Waals surface area contributed by atoms with Crippen molar-refractivity contribution in [2.75, 3.05) is 0 Å². The number of benzene rings is 2. The van der Waals surface area contributed by atoms with Crippen LogP contribution in [0.15, 0.2) is 47.4 Å². The van der Waals surface area contributed by atoms with Crippen LogP contribution in [0, 0.1) is 0 Å². The maximum atomic E-state index is 11.3. The summed E-state index contributed by atoms with van der Waals surface area (Å²) in [6, 6.07) is 10.7. The maximum Gasteiger partial charge on any atom is 0.294 e. The highest BCUT2D eigenvalue weighted by atomic mass is 32.2. The second-order valence-electron chi connectivity index (χ2n) is 8.13. The van der Waals surface area contributed by atoms with Gasteiger partial charge in [-0.05, 0) is 48.7 Å².